The van der Waals surface area contributed by atoms with Gasteiger partial charge in [-0.2, -0.15) is 0 Å². The number of carbonyl (C=O) groups is 1. The minimum absolute atomic E-state index is 0.156. The number of hydrogen-bond acceptors (Lipinski definition) is 2. The molecule has 1 aromatic rings. The second-order valence-electron chi connectivity index (χ2n) is 5.44. The van der Waals surface area contributed by atoms with Crippen LogP contribution in [0.2, 0.25) is 0 Å². The zero-order valence-corrected chi connectivity index (χ0v) is 11.5. The third kappa shape index (κ3) is 4.23. The van der Waals surface area contributed by atoms with E-state index in [1.165, 1.54) is 37.7 Å². The smallest absolute Gasteiger partial charge is 0.142 e. The lowest BCUT2D eigenvalue weighted by atomic mass is 9.87. The molecular weight excluding hydrogens is 234 g/mol. The fourth-order valence-electron chi connectivity index (χ4n) is 2.81. The second-order valence-corrected chi connectivity index (χ2v) is 5.44. The number of nitrogens with one attached hydrogen (secondary N) is 1. The zero-order valence-electron chi connectivity index (χ0n) is 11.5. The van der Waals surface area contributed by atoms with Crippen LogP contribution in [0.25, 0.3) is 0 Å². The van der Waals surface area contributed by atoms with Gasteiger partial charge in [-0.25, -0.2) is 0 Å². The number of benzene rings is 1. The molecule has 2 rings (SSSR count). The molecule has 0 saturated heterocycles. The predicted molar refractivity (Wildman–Crippen MR) is 78.8 cm³/mol. The third-order valence-electron chi connectivity index (χ3n) is 3.93. The van der Waals surface area contributed by atoms with Crippen molar-refractivity contribution in [2.45, 2.75) is 44.6 Å². The van der Waals surface area contributed by atoms with Crippen LogP contribution in [0, 0.1) is 5.92 Å². The molecule has 1 N–H and O–H groups in total. The van der Waals surface area contributed by atoms with Crippen molar-refractivity contribution in [3.05, 3.63) is 48.2 Å². The molecule has 1 atom stereocenters. The molecule has 0 radical (unpaired) electrons. The summed E-state index contributed by atoms with van der Waals surface area (Å²) in [5.41, 5.74) is 2.23. The standard InChI is InChI=1S/C17H23NO/c1-14(16-10-6-3-7-11-16)18-17(13-19)12-15-8-4-2-5-9-15/h2,4-5,8-9,13,16-18H,1,3,6-7,10-12H2/t17-/m0/s1. The molecular formula is C17H23NO. The number of carbonyl (C=O) groups excluding carboxylic acids is 1. The predicted octanol–water partition coefficient (Wildman–Crippen LogP) is 3.48. The van der Waals surface area contributed by atoms with Crippen molar-refractivity contribution in [3.63, 3.8) is 0 Å². The van der Waals surface area contributed by atoms with Gasteiger partial charge in [0.15, 0.2) is 0 Å². The number of aldehydes is 1. The minimum atomic E-state index is -0.156. The molecule has 2 nitrogen and oxygen atoms in total. The maximum absolute atomic E-state index is 11.2. The fraction of sp³-hybridized carbons (Fsp3) is 0.471. The summed E-state index contributed by atoms with van der Waals surface area (Å²) in [6.07, 6.45) is 8.07. The quantitative estimate of drug-likeness (QED) is 0.790. The second kappa shape index (κ2) is 7.13. The van der Waals surface area contributed by atoms with E-state index in [1.54, 1.807) is 0 Å². The highest BCUT2D eigenvalue weighted by Gasteiger charge is 2.18. The highest BCUT2D eigenvalue weighted by molar-refractivity contribution is 5.59. The average Bonchev–Trinajstić information content (AvgIpc) is 2.48. The SMILES string of the molecule is C=C(N[C@H](C=O)Cc1ccccc1)C1CCCCC1. The van der Waals surface area contributed by atoms with Crippen molar-refractivity contribution in [1.82, 2.24) is 5.32 Å². The molecule has 0 unspecified atom stereocenters. The van der Waals surface area contributed by atoms with E-state index in [1.807, 2.05) is 18.2 Å². The number of hydrogen-bond donors (Lipinski definition) is 1. The van der Waals surface area contributed by atoms with Gasteiger partial charge in [0.2, 0.25) is 0 Å². The molecule has 0 spiro atoms. The molecule has 0 amide bonds. The topological polar surface area (TPSA) is 29.1 Å². The Morgan fingerprint density at radius 3 is 2.58 bits per heavy atom. The van der Waals surface area contributed by atoms with Gasteiger partial charge in [-0.3, -0.25) is 0 Å². The van der Waals surface area contributed by atoms with E-state index >= 15 is 0 Å². The monoisotopic (exact) mass is 257 g/mol. The van der Waals surface area contributed by atoms with Gasteiger partial charge >= 0.3 is 0 Å². The highest BCUT2D eigenvalue weighted by atomic mass is 16.1. The van der Waals surface area contributed by atoms with Crippen LogP contribution >= 0.6 is 0 Å². The lowest BCUT2D eigenvalue weighted by Gasteiger charge is -2.26. The zero-order chi connectivity index (χ0) is 13.5. The molecule has 1 aliphatic carbocycles. The first kappa shape index (κ1) is 13.9. The minimum Gasteiger partial charge on any atom is -0.379 e. The van der Waals surface area contributed by atoms with Crippen LogP contribution in [-0.2, 0) is 11.2 Å². The van der Waals surface area contributed by atoms with Gasteiger partial charge in [-0.1, -0.05) is 56.2 Å². The summed E-state index contributed by atoms with van der Waals surface area (Å²) in [7, 11) is 0. The van der Waals surface area contributed by atoms with Crippen LogP contribution < -0.4 is 5.32 Å². The van der Waals surface area contributed by atoms with Crippen molar-refractivity contribution in [2.75, 3.05) is 0 Å². The Morgan fingerprint density at radius 1 is 1.26 bits per heavy atom. The number of rotatable bonds is 6. The van der Waals surface area contributed by atoms with Crippen molar-refractivity contribution in [3.8, 4) is 0 Å². The van der Waals surface area contributed by atoms with Crippen molar-refractivity contribution in [1.29, 1.82) is 0 Å². The van der Waals surface area contributed by atoms with Crippen molar-refractivity contribution >= 4 is 6.29 Å². The molecule has 1 saturated carbocycles. The van der Waals surface area contributed by atoms with Crippen LogP contribution in [0.15, 0.2) is 42.6 Å². The largest absolute Gasteiger partial charge is 0.379 e. The van der Waals surface area contributed by atoms with Crippen molar-refractivity contribution < 1.29 is 4.79 Å². The van der Waals surface area contributed by atoms with E-state index < -0.39 is 0 Å². The van der Waals surface area contributed by atoms with E-state index in [-0.39, 0.29) is 6.04 Å². The molecule has 1 aliphatic rings. The van der Waals surface area contributed by atoms with Crippen LogP contribution in [0.4, 0.5) is 0 Å². The molecule has 1 aromatic carbocycles. The Balaban J connectivity index is 1.88. The van der Waals surface area contributed by atoms with Gasteiger partial charge < -0.3 is 10.1 Å². The fourth-order valence-corrected chi connectivity index (χ4v) is 2.81. The molecule has 1 fully saturated rings. The molecule has 0 aromatic heterocycles. The van der Waals surface area contributed by atoms with Crippen LogP contribution in [0.5, 0.6) is 0 Å². The molecule has 0 heterocycles. The van der Waals surface area contributed by atoms with E-state index in [4.69, 9.17) is 0 Å². The lowest BCUT2D eigenvalue weighted by molar-refractivity contribution is -0.109. The summed E-state index contributed by atoms with van der Waals surface area (Å²) >= 11 is 0. The molecule has 2 heteroatoms. The first-order valence-electron chi connectivity index (χ1n) is 7.24. The van der Waals surface area contributed by atoms with Gasteiger partial charge in [0, 0.05) is 5.70 Å². The summed E-state index contributed by atoms with van der Waals surface area (Å²) < 4.78 is 0. The Morgan fingerprint density at radius 2 is 1.95 bits per heavy atom. The molecule has 19 heavy (non-hydrogen) atoms. The van der Waals surface area contributed by atoms with Gasteiger partial charge in [-0.05, 0) is 30.7 Å². The summed E-state index contributed by atoms with van der Waals surface area (Å²) in [5.74, 6) is 0.548. The Labute approximate surface area is 115 Å². The Kier molecular flexibility index (Phi) is 5.20. The van der Waals surface area contributed by atoms with Crippen LogP contribution in [0.1, 0.15) is 37.7 Å². The Hall–Kier alpha value is -1.57. The highest BCUT2D eigenvalue weighted by Crippen LogP contribution is 2.27. The van der Waals surface area contributed by atoms with Crippen LogP contribution in [0.3, 0.4) is 0 Å². The summed E-state index contributed by atoms with van der Waals surface area (Å²) in [4.78, 5) is 11.2. The van der Waals surface area contributed by atoms with Crippen LogP contribution in [-0.4, -0.2) is 12.3 Å². The third-order valence-corrected chi connectivity index (χ3v) is 3.93. The maximum Gasteiger partial charge on any atom is 0.142 e. The van der Waals surface area contributed by atoms with E-state index in [9.17, 15) is 4.79 Å². The van der Waals surface area contributed by atoms with Gasteiger partial charge in [-0.15, -0.1) is 0 Å². The van der Waals surface area contributed by atoms with Gasteiger partial charge in [0.25, 0.3) is 0 Å². The van der Waals surface area contributed by atoms with Gasteiger partial charge in [0.05, 0.1) is 6.04 Å². The molecule has 102 valence electrons. The molecule has 0 aliphatic heterocycles. The van der Waals surface area contributed by atoms with Crippen molar-refractivity contribution in [2.24, 2.45) is 5.92 Å². The van der Waals surface area contributed by atoms with E-state index in [2.05, 4.69) is 24.0 Å². The van der Waals surface area contributed by atoms with E-state index in [0.29, 0.717) is 5.92 Å². The summed E-state index contributed by atoms with van der Waals surface area (Å²) in [6.45, 7) is 4.14. The average molecular weight is 257 g/mol. The molecule has 0 bridgehead atoms. The first-order valence-corrected chi connectivity index (χ1v) is 7.24. The normalized spacial score (nSPS) is 17.7. The maximum atomic E-state index is 11.2. The first-order chi connectivity index (χ1) is 9.29. The lowest BCUT2D eigenvalue weighted by Crippen LogP contribution is -2.34. The summed E-state index contributed by atoms with van der Waals surface area (Å²) in [6, 6.07) is 9.97. The number of allylic oxidation sites excluding steroid dienone is 1. The van der Waals surface area contributed by atoms with Gasteiger partial charge in [0.1, 0.15) is 6.29 Å². The Bertz CT molecular complexity index is 407. The summed E-state index contributed by atoms with van der Waals surface area (Å²) in [5, 5.41) is 3.32. The van der Waals surface area contributed by atoms with E-state index in [0.717, 1.165) is 18.4 Å².